The van der Waals surface area contributed by atoms with Crippen LogP contribution in [0.4, 0.5) is 0 Å². The molecule has 0 fully saturated rings. The van der Waals surface area contributed by atoms with Crippen molar-refractivity contribution in [3.05, 3.63) is 0 Å². The molecule has 0 saturated carbocycles. The number of unbranched alkanes of at least 4 members (excludes halogenated alkanes) is 1. The summed E-state index contributed by atoms with van der Waals surface area (Å²) in [4.78, 5) is -1.59. The van der Waals surface area contributed by atoms with Crippen LogP contribution in [0, 0.1) is 0 Å². The fourth-order valence-corrected chi connectivity index (χ4v) is 2.66. The van der Waals surface area contributed by atoms with Crippen LogP contribution < -0.4 is 0 Å². The Hall–Kier alpha value is 1.48. The average Bonchev–Trinajstić information content (AvgIpc) is 1.59. The summed E-state index contributed by atoms with van der Waals surface area (Å²) in [6, 6.07) is 0. The van der Waals surface area contributed by atoms with Gasteiger partial charge < -0.3 is 0 Å². The zero-order valence-corrected chi connectivity index (χ0v) is 8.65. The van der Waals surface area contributed by atoms with E-state index >= 15 is 0 Å². The Morgan fingerprint density at radius 1 is 1.25 bits per heavy atom. The van der Waals surface area contributed by atoms with Crippen LogP contribution >= 0.6 is 41.6 Å². The van der Waals surface area contributed by atoms with Crippen molar-refractivity contribution in [2.75, 3.05) is 6.16 Å². The van der Waals surface area contributed by atoms with Gasteiger partial charge in [0.1, 0.15) is 0 Å². The average molecular weight is 188 g/mol. The molecule has 0 bridgehead atoms. The van der Waals surface area contributed by atoms with E-state index in [1.807, 2.05) is 0 Å². The SMILES string of the molecule is CCCC[PH](S)(S)S. The molecule has 0 rings (SSSR count). The number of hydrogen-bond donors (Lipinski definition) is 3. The first-order valence-electron chi connectivity index (χ1n) is 2.73. The molecule has 0 saturated heterocycles. The molecular weight excluding hydrogens is 175 g/mol. The Kier molecular flexibility index (Phi) is 5.12. The van der Waals surface area contributed by atoms with Gasteiger partial charge in [-0.15, -0.1) is 0 Å². The molecule has 0 aliphatic heterocycles. The third kappa shape index (κ3) is 7.48. The molecule has 0 aliphatic carbocycles. The van der Waals surface area contributed by atoms with E-state index in [0.717, 1.165) is 6.16 Å². The topological polar surface area (TPSA) is 0 Å². The summed E-state index contributed by atoms with van der Waals surface area (Å²) < 4.78 is 0. The molecule has 8 heavy (non-hydrogen) atoms. The van der Waals surface area contributed by atoms with Crippen LogP contribution in [0.15, 0.2) is 0 Å². The van der Waals surface area contributed by atoms with Gasteiger partial charge in [-0.25, -0.2) is 0 Å². The zero-order chi connectivity index (χ0) is 6.62. The van der Waals surface area contributed by atoms with E-state index in [2.05, 4.69) is 43.7 Å². The normalized spacial score (nSPS) is 14.0. The minimum absolute atomic E-state index is 1.10. The van der Waals surface area contributed by atoms with E-state index in [1.165, 1.54) is 12.8 Å². The van der Waals surface area contributed by atoms with E-state index in [-0.39, 0.29) is 0 Å². The van der Waals surface area contributed by atoms with Gasteiger partial charge in [0.2, 0.25) is 0 Å². The van der Waals surface area contributed by atoms with E-state index in [4.69, 9.17) is 0 Å². The van der Waals surface area contributed by atoms with Gasteiger partial charge in [-0.3, -0.25) is 0 Å². The summed E-state index contributed by atoms with van der Waals surface area (Å²) in [5.74, 6) is 0. The summed E-state index contributed by atoms with van der Waals surface area (Å²) in [7, 11) is 0. The number of thiol groups is 3. The molecule has 0 amide bonds. The quantitative estimate of drug-likeness (QED) is 0.440. The summed E-state index contributed by atoms with van der Waals surface area (Å²) >= 11 is 12.8. The van der Waals surface area contributed by atoms with Gasteiger partial charge in [0.05, 0.1) is 0 Å². The summed E-state index contributed by atoms with van der Waals surface area (Å²) in [5.41, 5.74) is 0. The third-order valence-electron chi connectivity index (χ3n) is 0.866. The fraction of sp³-hybridized carbons (Fsp3) is 1.00. The van der Waals surface area contributed by atoms with Crippen LogP contribution in [-0.2, 0) is 0 Å². The predicted octanol–water partition coefficient (Wildman–Crippen LogP) is 3.07. The maximum atomic E-state index is 4.26. The van der Waals surface area contributed by atoms with Gasteiger partial charge in [0, 0.05) is 0 Å². The third-order valence-corrected chi connectivity index (χ3v) is 3.90. The van der Waals surface area contributed by atoms with E-state index in [1.54, 1.807) is 0 Å². The molecule has 0 radical (unpaired) electrons. The minimum atomic E-state index is -1.59. The molecule has 0 N–H and O–H groups in total. The van der Waals surface area contributed by atoms with Crippen molar-refractivity contribution in [2.45, 2.75) is 19.8 Å². The van der Waals surface area contributed by atoms with Crippen molar-refractivity contribution in [1.82, 2.24) is 0 Å². The number of rotatable bonds is 3. The first kappa shape index (κ1) is 9.48. The molecule has 0 atom stereocenters. The second-order valence-electron chi connectivity index (χ2n) is 1.88. The standard InChI is InChI=1S/C4H13PS3/c1-2-3-4-5(6,7)8/h5-8H,2-4H2,1H3. The Bertz CT molecular complexity index is 58.8. The maximum absolute atomic E-state index is 4.26. The van der Waals surface area contributed by atoms with Gasteiger partial charge in [0.25, 0.3) is 0 Å². The first-order chi connectivity index (χ1) is 3.56. The zero-order valence-electron chi connectivity index (χ0n) is 4.96. The fourth-order valence-electron chi connectivity index (χ4n) is 0.414. The van der Waals surface area contributed by atoms with Crippen molar-refractivity contribution in [1.29, 1.82) is 0 Å². The molecular formula is C4H13PS3. The van der Waals surface area contributed by atoms with Crippen LogP contribution in [-0.4, -0.2) is 6.16 Å². The van der Waals surface area contributed by atoms with Crippen molar-refractivity contribution in [3.8, 4) is 0 Å². The monoisotopic (exact) mass is 188 g/mol. The first-order valence-corrected chi connectivity index (χ1v) is 8.81. The van der Waals surface area contributed by atoms with Gasteiger partial charge in [0.15, 0.2) is 0 Å². The molecule has 0 heterocycles. The van der Waals surface area contributed by atoms with Crippen LogP contribution in [0.1, 0.15) is 19.8 Å². The molecule has 52 valence electrons. The molecule has 0 aromatic rings. The molecule has 0 spiro atoms. The predicted molar refractivity (Wildman–Crippen MR) is 55.0 cm³/mol. The van der Waals surface area contributed by atoms with Crippen LogP contribution in [0.3, 0.4) is 0 Å². The molecule has 4 heteroatoms. The summed E-state index contributed by atoms with van der Waals surface area (Å²) in [6.45, 7) is 2.16. The Balaban J connectivity index is 3.11. The molecule has 0 nitrogen and oxygen atoms in total. The van der Waals surface area contributed by atoms with Crippen molar-refractivity contribution in [3.63, 3.8) is 0 Å². The van der Waals surface area contributed by atoms with E-state index < -0.39 is 4.87 Å². The van der Waals surface area contributed by atoms with Gasteiger partial charge in [-0.1, -0.05) is 0 Å². The molecule has 0 aromatic heterocycles. The Morgan fingerprint density at radius 3 is 1.88 bits per heavy atom. The van der Waals surface area contributed by atoms with Crippen molar-refractivity contribution in [2.24, 2.45) is 0 Å². The van der Waals surface area contributed by atoms with Gasteiger partial charge >= 0.3 is 67.5 Å². The molecule has 0 aromatic carbocycles. The molecule has 0 aliphatic rings. The number of hydrogen-bond acceptors (Lipinski definition) is 3. The molecule has 0 unspecified atom stereocenters. The van der Waals surface area contributed by atoms with Crippen LogP contribution in [0.25, 0.3) is 0 Å². The van der Waals surface area contributed by atoms with Crippen molar-refractivity contribution < 1.29 is 0 Å². The summed E-state index contributed by atoms with van der Waals surface area (Å²) in [5, 5.41) is 0. The Labute approximate surface area is 67.6 Å². The van der Waals surface area contributed by atoms with Gasteiger partial charge in [-0.05, 0) is 0 Å². The second kappa shape index (κ2) is 4.32. The second-order valence-corrected chi connectivity index (χ2v) is 14.0. The van der Waals surface area contributed by atoms with Crippen molar-refractivity contribution >= 4 is 41.6 Å². The Morgan fingerprint density at radius 2 is 1.75 bits per heavy atom. The van der Waals surface area contributed by atoms with E-state index in [0.29, 0.717) is 0 Å². The van der Waals surface area contributed by atoms with Crippen LogP contribution in [0.2, 0.25) is 0 Å². The summed E-state index contributed by atoms with van der Waals surface area (Å²) in [6.07, 6.45) is 3.53. The van der Waals surface area contributed by atoms with Gasteiger partial charge in [-0.2, -0.15) is 0 Å². The van der Waals surface area contributed by atoms with E-state index in [9.17, 15) is 0 Å². The van der Waals surface area contributed by atoms with Crippen LogP contribution in [0.5, 0.6) is 0 Å².